The molecule has 0 spiro atoms. The third-order valence-corrected chi connectivity index (χ3v) is 5.93. The van der Waals surface area contributed by atoms with Crippen molar-refractivity contribution in [3.05, 3.63) is 58.6 Å². The number of nitrogens with zero attached hydrogens (tertiary/aromatic N) is 2. The number of likely N-dealkylation sites (tertiary alicyclic amines) is 1. The predicted molar refractivity (Wildman–Crippen MR) is 114 cm³/mol. The molecule has 1 aromatic carbocycles. The number of nitrogens with one attached hydrogen (secondary N) is 1. The van der Waals surface area contributed by atoms with Gasteiger partial charge >= 0.3 is 0 Å². The van der Waals surface area contributed by atoms with Crippen LogP contribution in [0.5, 0.6) is 5.75 Å². The number of piperidine rings is 1. The number of para-hydroxylation sites is 1. The Labute approximate surface area is 176 Å². The summed E-state index contributed by atoms with van der Waals surface area (Å²) in [6.45, 7) is 6.03. The minimum absolute atomic E-state index is 0.0705. The van der Waals surface area contributed by atoms with Crippen LogP contribution < -0.4 is 20.0 Å². The third-order valence-electron chi connectivity index (χ3n) is 5.93. The Hall–Kier alpha value is -2.80. The highest BCUT2D eigenvalue weighted by Gasteiger charge is 2.22. The molecule has 0 saturated carbocycles. The molecule has 30 heavy (non-hydrogen) atoms. The maximum atomic E-state index is 12.4. The molecule has 7 heteroatoms. The van der Waals surface area contributed by atoms with Crippen LogP contribution >= 0.6 is 0 Å². The summed E-state index contributed by atoms with van der Waals surface area (Å²) in [5, 5.41) is 0. The second kappa shape index (κ2) is 9.80. The van der Waals surface area contributed by atoms with E-state index in [0.717, 1.165) is 52.1 Å². The number of amides is 1. The molecule has 2 saturated heterocycles. The van der Waals surface area contributed by atoms with Crippen molar-refractivity contribution < 1.29 is 18.8 Å². The Bertz CT molecular complexity index is 885. The molecular formula is C23H30N3O4+. The van der Waals surface area contributed by atoms with Crippen LogP contribution in [0.15, 0.2) is 51.9 Å². The number of benzene rings is 1. The van der Waals surface area contributed by atoms with Crippen LogP contribution in [0.25, 0.3) is 0 Å². The van der Waals surface area contributed by atoms with Crippen molar-refractivity contribution >= 4 is 11.6 Å². The molecular weight excluding hydrogens is 382 g/mol. The summed E-state index contributed by atoms with van der Waals surface area (Å²) in [4.78, 5) is 30.2. The van der Waals surface area contributed by atoms with E-state index in [4.69, 9.17) is 9.15 Å². The lowest BCUT2D eigenvalue weighted by Gasteiger charge is -2.33. The largest absolute Gasteiger partial charge is 0.477 e. The molecule has 1 aromatic heterocycles. The van der Waals surface area contributed by atoms with E-state index in [2.05, 4.69) is 29.2 Å². The van der Waals surface area contributed by atoms with E-state index in [1.165, 1.54) is 29.3 Å². The van der Waals surface area contributed by atoms with Crippen LogP contribution in [-0.4, -0.2) is 56.7 Å². The van der Waals surface area contributed by atoms with Crippen LogP contribution in [0.3, 0.4) is 0 Å². The first kappa shape index (κ1) is 20.5. The van der Waals surface area contributed by atoms with E-state index in [1.807, 2.05) is 6.07 Å². The summed E-state index contributed by atoms with van der Waals surface area (Å²) in [5.41, 5.74) is 1.02. The molecule has 2 aliphatic heterocycles. The molecule has 4 rings (SSSR count). The zero-order chi connectivity index (χ0) is 20.8. The lowest BCUT2D eigenvalue weighted by Crippen LogP contribution is -3.13. The topological polar surface area (TPSA) is 67.4 Å². The predicted octanol–water partition coefficient (Wildman–Crippen LogP) is 0.936. The first-order valence-corrected chi connectivity index (χ1v) is 10.8. The number of hydrogen-bond acceptors (Lipinski definition) is 5. The Morgan fingerprint density at radius 2 is 1.77 bits per heavy atom. The van der Waals surface area contributed by atoms with Gasteiger partial charge in [0.05, 0.1) is 26.2 Å². The van der Waals surface area contributed by atoms with Crippen molar-refractivity contribution in [2.24, 2.45) is 0 Å². The number of quaternary nitrogens is 1. The second-order valence-electron chi connectivity index (χ2n) is 8.05. The number of piperazine rings is 1. The lowest BCUT2D eigenvalue weighted by atomic mass is 10.1. The molecule has 2 fully saturated rings. The number of hydrogen-bond donors (Lipinski definition) is 1. The highest BCUT2D eigenvalue weighted by molar-refractivity contribution is 5.77. The van der Waals surface area contributed by atoms with Crippen LogP contribution in [0.4, 0.5) is 5.69 Å². The fourth-order valence-electron chi connectivity index (χ4n) is 4.15. The zero-order valence-corrected chi connectivity index (χ0v) is 17.3. The summed E-state index contributed by atoms with van der Waals surface area (Å²) in [5.74, 6) is 0.685. The van der Waals surface area contributed by atoms with Crippen molar-refractivity contribution in [2.45, 2.75) is 25.8 Å². The highest BCUT2D eigenvalue weighted by Crippen LogP contribution is 2.13. The number of anilines is 1. The van der Waals surface area contributed by atoms with E-state index < -0.39 is 0 Å². The van der Waals surface area contributed by atoms with Crippen molar-refractivity contribution in [1.82, 2.24) is 4.90 Å². The Kier molecular flexibility index (Phi) is 6.69. The molecule has 1 N–H and O–H groups in total. The summed E-state index contributed by atoms with van der Waals surface area (Å²) in [6, 6.07) is 11.9. The molecule has 1 amide bonds. The molecule has 0 atom stereocenters. The van der Waals surface area contributed by atoms with Gasteiger partial charge in [-0.05, 0) is 31.4 Å². The lowest BCUT2D eigenvalue weighted by molar-refractivity contribution is -0.915. The number of carbonyl (C=O) groups is 1. The fraction of sp³-hybridized carbons (Fsp3) is 0.478. The van der Waals surface area contributed by atoms with Gasteiger partial charge in [-0.2, -0.15) is 0 Å². The molecule has 0 unspecified atom stereocenters. The van der Waals surface area contributed by atoms with Crippen molar-refractivity contribution in [3.8, 4) is 5.75 Å². The van der Waals surface area contributed by atoms with Gasteiger partial charge in [0.15, 0.2) is 12.4 Å². The summed E-state index contributed by atoms with van der Waals surface area (Å²) < 4.78 is 11.1. The van der Waals surface area contributed by atoms with Crippen molar-refractivity contribution in [2.75, 3.05) is 50.8 Å². The van der Waals surface area contributed by atoms with Crippen LogP contribution in [-0.2, 0) is 11.3 Å². The number of rotatable bonds is 6. The van der Waals surface area contributed by atoms with Crippen LogP contribution in [0, 0.1) is 0 Å². The van der Waals surface area contributed by atoms with Gasteiger partial charge in [0.2, 0.25) is 11.2 Å². The van der Waals surface area contributed by atoms with Gasteiger partial charge in [0.1, 0.15) is 12.8 Å². The number of ether oxygens (including phenoxy) is 1. The second-order valence-corrected chi connectivity index (χ2v) is 8.05. The Balaban J connectivity index is 1.26. The van der Waals surface area contributed by atoms with Gasteiger partial charge in [-0.15, -0.1) is 0 Å². The molecule has 2 aromatic rings. The van der Waals surface area contributed by atoms with E-state index in [1.54, 1.807) is 4.90 Å². The smallest absolute Gasteiger partial charge is 0.260 e. The van der Waals surface area contributed by atoms with Crippen LogP contribution in [0.2, 0.25) is 0 Å². The monoisotopic (exact) mass is 412 g/mol. The van der Waals surface area contributed by atoms with Gasteiger partial charge in [-0.1, -0.05) is 18.2 Å². The molecule has 160 valence electrons. The first-order chi connectivity index (χ1) is 14.7. The molecule has 3 heterocycles. The van der Waals surface area contributed by atoms with Crippen molar-refractivity contribution in [1.29, 1.82) is 0 Å². The van der Waals surface area contributed by atoms with Gasteiger partial charge in [-0.25, -0.2) is 0 Å². The molecule has 0 aliphatic carbocycles. The summed E-state index contributed by atoms with van der Waals surface area (Å²) in [7, 11) is 0. The fourth-order valence-corrected chi connectivity index (χ4v) is 4.15. The normalized spacial score (nSPS) is 17.7. The van der Waals surface area contributed by atoms with E-state index in [9.17, 15) is 9.59 Å². The average molecular weight is 413 g/mol. The Morgan fingerprint density at radius 3 is 2.47 bits per heavy atom. The molecule has 2 aliphatic rings. The van der Waals surface area contributed by atoms with E-state index in [-0.39, 0.29) is 23.7 Å². The average Bonchev–Trinajstić information content (AvgIpc) is 2.80. The quantitative estimate of drug-likeness (QED) is 0.765. The zero-order valence-electron chi connectivity index (χ0n) is 17.3. The molecule has 7 nitrogen and oxygen atoms in total. The van der Waals surface area contributed by atoms with Crippen LogP contribution in [0.1, 0.15) is 25.0 Å². The van der Waals surface area contributed by atoms with Crippen molar-refractivity contribution in [3.63, 3.8) is 0 Å². The first-order valence-electron chi connectivity index (χ1n) is 10.8. The maximum Gasteiger partial charge on any atom is 0.260 e. The van der Waals surface area contributed by atoms with E-state index in [0.29, 0.717) is 12.3 Å². The van der Waals surface area contributed by atoms with Gasteiger partial charge in [-0.3, -0.25) is 9.59 Å². The maximum absolute atomic E-state index is 12.4. The molecule has 0 bridgehead atoms. The minimum Gasteiger partial charge on any atom is -0.477 e. The summed E-state index contributed by atoms with van der Waals surface area (Å²) in [6.07, 6.45) is 4.58. The van der Waals surface area contributed by atoms with Gasteiger partial charge in [0, 0.05) is 24.8 Å². The van der Waals surface area contributed by atoms with Gasteiger partial charge in [0.25, 0.3) is 5.91 Å². The highest BCUT2D eigenvalue weighted by atomic mass is 16.5. The van der Waals surface area contributed by atoms with E-state index >= 15 is 0 Å². The SMILES string of the molecule is O=C(COc1coc(C[NH+]2CCN(c3ccccc3)CC2)cc1=O)N1CCCCC1. The number of carbonyl (C=O) groups excluding carboxylic acids is 1. The Morgan fingerprint density at radius 1 is 1.03 bits per heavy atom. The minimum atomic E-state index is -0.231. The summed E-state index contributed by atoms with van der Waals surface area (Å²) >= 11 is 0. The van der Waals surface area contributed by atoms with Gasteiger partial charge < -0.3 is 23.9 Å². The molecule has 0 radical (unpaired) electrons. The standard InChI is InChI=1S/C23H29N3O4/c27-21-15-20(16-24-11-13-25(14-12-24)19-7-3-1-4-8-19)29-17-22(21)30-18-23(28)26-9-5-2-6-10-26/h1,3-4,7-8,15,17H,2,5-6,9-14,16,18H2/p+1. The third kappa shape index (κ3) is 5.21.